The fourth-order valence-electron chi connectivity index (χ4n) is 2.54. The highest BCUT2D eigenvalue weighted by Gasteiger charge is 2.23. The van der Waals surface area contributed by atoms with Gasteiger partial charge in [0.15, 0.2) is 0 Å². The fourth-order valence-corrected chi connectivity index (χ4v) is 2.73. The minimum absolute atomic E-state index is 0.0698. The summed E-state index contributed by atoms with van der Waals surface area (Å²) in [5.41, 5.74) is -1.13. The molecule has 0 heterocycles. The van der Waals surface area contributed by atoms with E-state index in [4.69, 9.17) is 5.11 Å². The maximum atomic E-state index is 13.3. The summed E-state index contributed by atoms with van der Waals surface area (Å²) < 4.78 is 26.5. The van der Waals surface area contributed by atoms with Crippen molar-refractivity contribution in [2.24, 2.45) is 0 Å². The van der Waals surface area contributed by atoms with Crippen molar-refractivity contribution in [3.63, 3.8) is 0 Å². The van der Waals surface area contributed by atoms with Crippen LogP contribution in [-0.2, 0) is 5.66 Å². The molecule has 0 bridgehead atoms. The van der Waals surface area contributed by atoms with E-state index in [9.17, 15) is 13.6 Å². The zero-order valence-electron chi connectivity index (χ0n) is 12.0. The summed E-state index contributed by atoms with van der Waals surface area (Å²) in [5, 5.41) is 10.7. The maximum absolute atomic E-state index is 13.3. The molecule has 0 aliphatic rings. The first-order valence-electron chi connectivity index (χ1n) is 6.90. The Morgan fingerprint density at radius 3 is 2.30 bits per heavy atom. The molecule has 3 rings (SSSR count). The van der Waals surface area contributed by atoms with E-state index >= 15 is 0 Å². The quantitative estimate of drug-likeness (QED) is 0.676. The van der Waals surface area contributed by atoms with E-state index in [0.717, 1.165) is 21.9 Å². The van der Waals surface area contributed by atoms with Gasteiger partial charge < -0.3 is 5.11 Å². The number of fused-ring (bicyclic) bond motifs is 1. The number of aromatic carboxylic acids is 1. The van der Waals surface area contributed by atoms with Crippen molar-refractivity contribution in [1.82, 2.24) is 0 Å². The monoisotopic (exact) mass is 330 g/mol. The third kappa shape index (κ3) is 3.08. The summed E-state index contributed by atoms with van der Waals surface area (Å²) in [6.07, 6.45) is 0. The van der Waals surface area contributed by atoms with Crippen LogP contribution in [0.2, 0.25) is 0 Å². The summed E-state index contributed by atoms with van der Waals surface area (Å²) in [7, 11) is 1.52. The molecule has 0 spiro atoms. The second-order valence-corrected chi connectivity index (χ2v) is 5.97. The van der Waals surface area contributed by atoms with Crippen LogP contribution in [0.3, 0.4) is 0 Å². The number of carboxylic acids is 1. The molecule has 1 atom stereocenters. The third-order valence-electron chi connectivity index (χ3n) is 3.71. The van der Waals surface area contributed by atoms with Gasteiger partial charge in [-0.2, -0.15) is 8.78 Å². The van der Waals surface area contributed by atoms with E-state index in [2.05, 4.69) is 0 Å². The van der Waals surface area contributed by atoms with Crippen LogP contribution in [0.4, 0.5) is 8.78 Å². The van der Waals surface area contributed by atoms with Gasteiger partial charge in [0, 0.05) is 5.56 Å². The Hall–Kier alpha value is -2.32. The number of benzene rings is 3. The largest absolute Gasteiger partial charge is 0.478 e. The number of hydrogen-bond acceptors (Lipinski definition) is 1. The van der Waals surface area contributed by atoms with Crippen LogP contribution in [0.15, 0.2) is 60.7 Å². The second kappa shape index (κ2) is 5.71. The summed E-state index contributed by atoms with van der Waals surface area (Å²) in [6.45, 7) is 0. The van der Waals surface area contributed by atoms with Crippen molar-refractivity contribution in [3.8, 4) is 11.1 Å². The molecule has 0 amide bonds. The summed E-state index contributed by atoms with van der Waals surface area (Å²) in [5.74, 6) is -0.982. The first-order valence-corrected chi connectivity index (χ1v) is 7.48. The highest BCUT2D eigenvalue weighted by atomic mass is 31.0. The van der Waals surface area contributed by atoms with Crippen LogP contribution in [0, 0.1) is 0 Å². The van der Waals surface area contributed by atoms with Crippen LogP contribution in [0.5, 0.6) is 0 Å². The van der Waals surface area contributed by atoms with Gasteiger partial charge in [0.05, 0.1) is 5.56 Å². The van der Waals surface area contributed by atoms with E-state index in [1.165, 1.54) is 21.4 Å². The van der Waals surface area contributed by atoms with Gasteiger partial charge in [-0.3, -0.25) is 0 Å². The summed E-state index contributed by atoms with van der Waals surface area (Å²) in [6, 6.07) is 16.5. The van der Waals surface area contributed by atoms with Crippen LogP contribution in [-0.4, -0.2) is 11.1 Å². The average Bonchev–Trinajstić information content (AvgIpc) is 2.53. The molecule has 0 aliphatic heterocycles. The highest BCUT2D eigenvalue weighted by Crippen LogP contribution is 2.36. The van der Waals surface area contributed by atoms with Crippen LogP contribution in [0.25, 0.3) is 21.9 Å². The van der Waals surface area contributed by atoms with E-state index in [1.54, 1.807) is 30.3 Å². The molecule has 0 radical (unpaired) electrons. The molecule has 3 aromatic rings. The zero-order valence-corrected chi connectivity index (χ0v) is 13.1. The molecule has 1 unspecified atom stereocenters. The van der Waals surface area contributed by atoms with E-state index in [1.807, 2.05) is 18.2 Å². The fraction of sp³-hybridized carbons (Fsp3) is 0.0556. The lowest BCUT2D eigenvalue weighted by molar-refractivity contribution is 0.0697. The van der Waals surface area contributed by atoms with Gasteiger partial charge in [0.25, 0.3) is 5.66 Å². The van der Waals surface area contributed by atoms with Gasteiger partial charge in [-0.1, -0.05) is 57.8 Å². The summed E-state index contributed by atoms with van der Waals surface area (Å²) in [4.78, 5) is 11.1. The van der Waals surface area contributed by atoms with E-state index < -0.39 is 11.6 Å². The minimum Gasteiger partial charge on any atom is -0.478 e. The standard InChI is InChI=1S/C18H13F2O2P/c19-18(20,23)14-7-4-11(5-8-14)15-3-1-2-12-10-13(17(21)22)6-9-16(12)15/h1-10H,23H2,(H,21,22). The molecule has 5 heteroatoms. The van der Waals surface area contributed by atoms with Crippen molar-refractivity contribution in [2.45, 2.75) is 5.66 Å². The molecule has 116 valence electrons. The minimum atomic E-state index is -2.95. The SMILES string of the molecule is O=C(O)c1ccc2c(-c3ccc(C(F)(F)P)cc3)cccc2c1. The Balaban J connectivity index is 2.11. The van der Waals surface area contributed by atoms with Crippen molar-refractivity contribution in [3.05, 3.63) is 71.8 Å². The van der Waals surface area contributed by atoms with Crippen molar-refractivity contribution >= 4 is 26.0 Å². The number of alkyl halides is 2. The first kappa shape index (κ1) is 15.6. The van der Waals surface area contributed by atoms with Crippen molar-refractivity contribution in [1.29, 1.82) is 0 Å². The molecule has 0 saturated carbocycles. The summed E-state index contributed by atoms with van der Waals surface area (Å²) >= 11 is 0. The highest BCUT2D eigenvalue weighted by molar-refractivity contribution is 7.17. The zero-order chi connectivity index (χ0) is 16.6. The number of halogens is 2. The smallest absolute Gasteiger partial charge is 0.335 e. The first-order chi connectivity index (χ1) is 10.9. The Morgan fingerprint density at radius 1 is 1.00 bits per heavy atom. The normalized spacial score (nSPS) is 11.6. The molecule has 3 aromatic carbocycles. The van der Waals surface area contributed by atoms with Crippen LogP contribution >= 0.6 is 9.24 Å². The van der Waals surface area contributed by atoms with Crippen LogP contribution < -0.4 is 0 Å². The van der Waals surface area contributed by atoms with Crippen LogP contribution in [0.1, 0.15) is 15.9 Å². The average molecular weight is 330 g/mol. The lowest BCUT2D eigenvalue weighted by Gasteiger charge is -2.12. The van der Waals surface area contributed by atoms with E-state index in [-0.39, 0.29) is 11.1 Å². The van der Waals surface area contributed by atoms with Gasteiger partial charge in [-0.15, -0.1) is 0 Å². The topological polar surface area (TPSA) is 37.3 Å². The second-order valence-electron chi connectivity index (χ2n) is 5.25. The van der Waals surface area contributed by atoms with Gasteiger partial charge in [-0.05, 0) is 34.0 Å². The molecule has 0 saturated heterocycles. The molecule has 0 aromatic heterocycles. The number of carboxylic acid groups (broad SMARTS) is 1. The molecule has 1 N–H and O–H groups in total. The Bertz CT molecular complexity index is 884. The lowest BCUT2D eigenvalue weighted by Crippen LogP contribution is -2.01. The predicted molar refractivity (Wildman–Crippen MR) is 89.9 cm³/mol. The number of rotatable bonds is 3. The molecule has 23 heavy (non-hydrogen) atoms. The number of carbonyl (C=O) groups is 1. The molecule has 0 aliphatic carbocycles. The van der Waals surface area contributed by atoms with Gasteiger partial charge in [0.2, 0.25) is 0 Å². The van der Waals surface area contributed by atoms with Gasteiger partial charge in [-0.25, -0.2) is 4.79 Å². The Labute approximate surface area is 134 Å². The lowest BCUT2D eigenvalue weighted by atomic mass is 9.96. The number of hydrogen-bond donors (Lipinski definition) is 1. The molecule has 2 nitrogen and oxygen atoms in total. The van der Waals surface area contributed by atoms with Gasteiger partial charge >= 0.3 is 5.97 Å². The van der Waals surface area contributed by atoms with Crippen molar-refractivity contribution < 1.29 is 18.7 Å². The van der Waals surface area contributed by atoms with E-state index in [0.29, 0.717) is 0 Å². The molecular weight excluding hydrogens is 317 g/mol. The molecule has 0 fully saturated rings. The Morgan fingerprint density at radius 2 is 1.70 bits per heavy atom. The van der Waals surface area contributed by atoms with Crippen molar-refractivity contribution in [2.75, 3.05) is 0 Å². The Kier molecular flexibility index (Phi) is 3.87. The van der Waals surface area contributed by atoms with Gasteiger partial charge in [0.1, 0.15) is 0 Å². The predicted octanol–water partition coefficient (Wildman–Crippen LogP) is 5.13. The molecular formula is C18H13F2O2P. The maximum Gasteiger partial charge on any atom is 0.335 e. The third-order valence-corrected chi connectivity index (χ3v) is 4.04.